The van der Waals surface area contributed by atoms with Crippen molar-refractivity contribution in [3.63, 3.8) is 0 Å². The van der Waals surface area contributed by atoms with Gasteiger partial charge in [0.05, 0.1) is 6.10 Å². The molecule has 1 saturated heterocycles. The number of primary sulfonamides is 1. The molecule has 1 aromatic carbocycles. The van der Waals surface area contributed by atoms with E-state index in [0.29, 0.717) is 6.54 Å². The van der Waals surface area contributed by atoms with Crippen LogP contribution in [0.25, 0.3) is 0 Å². The van der Waals surface area contributed by atoms with Crippen molar-refractivity contribution in [2.45, 2.75) is 29.8 Å². The SMILES string of the molecule is NS(=O)(=O)c1ccc(CNCC2CN(Cc3ccccc3)CCCO2)s1. The Morgan fingerprint density at radius 2 is 2.04 bits per heavy atom. The van der Waals surface area contributed by atoms with Crippen molar-refractivity contribution in [3.05, 3.63) is 52.9 Å². The van der Waals surface area contributed by atoms with E-state index in [0.717, 1.165) is 44.1 Å². The Labute approximate surface area is 159 Å². The maximum Gasteiger partial charge on any atom is 0.247 e. The zero-order valence-electron chi connectivity index (χ0n) is 14.6. The number of rotatable bonds is 7. The third-order valence-corrected chi connectivity index (χ3v) is 6.80. The first kappa shape index (κ1) is 19.5. The third kappa shape index (κ3) is 5.87. The Morgan fingerprint density at radius 3 is 2.77 bits per heavy atom. The number of nitrogens with two attached hydrogens (primary N) is 1. The second kappa shape index (κ2) is 9.07. The van der Waals surface area contributed by atoms with E-state index in [1.54, 1.807) is 12.1 Å². The van der Waals surface area contributed by atoms with Crippen LogP contribution in [0.2, 0.25) is 0 Å². The van der Waals surface area contributed by atoms with E-state index in [2.05, 4.69) is 34.5 Å². The van der Waals surface area contributed by atoms with Gasteiger partial charge >= 0.3 is 0 Å². The fraction of sp³-hybridized carbons (Fsp3) is 0.444. The quantitative estimate of drug-likeness (QED) is 0.746. The number of nitrogens with zero attached hydrogens (tertiary/aromatic N) is 1. The molecule has 8 heteroatoms. The predicted molar refractivity (Wildman–Crippen MR) is 103 cm³/mol. The van der Waals surface area contributed by atoms with Crippen molar-refractivity contribution >= 4 is 21.4 Å². The van der Waals surface area contributed by atoms with Gasteiger partial charge in [0.1, 0.15) is 4.21 Å². The van der Waals surface area contributed by atoms with Crippen LogP contribution < -0.4 is 10.5 Å². The van der Waals surface area contributed by atoms with E-state index in [-0.39, 0.29) is 10.3 Å². The van der Waals surface area contributed by atoms with Crippen LogP contribution in [0, 0.1) is 0 Å². The molecule has 1 aromatic heterocycles. The third-order valence-electron chi connectivity index (χ3n) is 4.27. The van der Waals surface area contributed by atoms with Gasteiger partial charge in [0.2, 0.25) is 10.0 Å². The van der Waals surface area contributed by atoms with Crippen LogP contribution in [-0.4, -0.2) is 45.7 Å². The monoisotopic (exact) mass is 395 g/mol. The largest absolute Gasteiger partial charge is 0.376 e. The van der Waals surface area contributed by atoms with Gasteiger partial charge in [-0.25, -0.2) is 13.6 Å². The summed E-state index contributed by atoms with van der Waals surface area (Å²) < 4.78 is 28.8. The van der Waals surface area contributed by atoms with E-state index in [4.69, 9.17) is 9.88 Å². The highest BCUT2D eigenvalue weighted by Gasteiger charge is 2.19. The number of benzene rings is 1. The van der Waals surface area contributed by atoms with Gasteiger partial charge in [0, 0.05) is 44.2 Å². The van der Waals surface area contributed by atoms with Crippen LogP contribution in [0.4, 0.5) is 0 Å². The van der Waals surface area contributed by atoms with Gasteiger partial charge in [-0.05, 0) is 24.1 Å². The molecule has 1 aliphatic heterocycles. The first-order valence-electron chi connectivity index (χ1n) is 8.71. The molecule has 1 aliphatic rings. The predicted octanol–water partition coefficient (Wildman–Crippen LogP) is 1.78. The van der Waals surface area contributed by atoms with Crippen molar-refractivity contribution in [1.29, 1.82) is 0 Å². The molecule has 3 N–H and O–H groups in total. The number of hydrogen-bond donors (Lipinski definition) is 2. The van der Waals surface area contributed by atoms with Gasteiger partial charge in [-0.1, -0.05) is 30.3 Å². The number of thiophene rings is 1. The second-order valence-corrected chi connectivity index (χ2v) is 9.42. The van der Waals surface area contributed by atoms with Crippen LogP contribution >= 0.6 is 11.3 Å². The Hall–Kier alpha value is -1.29. The first-order valence-corrected chi connectivity index (χ1v) is 11.1. The molecule has 3 rings (SSSR count). The molecule has 142 valence electrons. The molecule has 6 nitrogen and oxygen atoms in total. The highest BCUT2D eigenvalue weighted by atomic mass is 32.2. The van der Waals surface area contributed by atoms with Gasteiger partial charge in [-0.2, -0.15) is 0 Å². The molecule has 26 heavy (non-hydrogen) atoms. The number of hydrogen-bond acceptors (Lipinski definition) is 6. The lowest BCUT2D eigenvalue weighted by Crippen LogP contribution is -2.37. The van der Waals surface area contributed by atoms with E-state index < -0.39 is 10.0 Å². The van der Waals surface area contributed by atoms with E-state index in [1.165, 1.54) is 16.9 Å². The van der Waals surface area contributed by atoms with Crippen molar-refractivity contribution < 1.29 is 13.2 Å². The maximum atomic E-state index is 11.3. The molecule has 1 unspecified atom stereocenters. The Balaban J connectivity index is 1.48. The fourth-order valence-electron chi connectivity index (χ4n) is 3.04. The number of nitrogens with one attached hydrogen (secondary N) is 1. The van der Waals surface area contributed by atoms with Crippen molar-refractivity contribution in [2.24, 2.45) is 5.14 Å². The van der Waals surface area contributed by atoms with Crippen LogP contribution in [0.15, 0.2) is 46.7 Å². The molecule has 0 radical (unpaired) electrons. The van der Waals surface area contributed by atoms with E-state index in [1.807, 2.05) is 6.07 Å². The number of sulfonamides is 1. The summed E-state index contributed by atoms with van der Waals surface area (Å²) in [5.41, 5.74) is 1.32. The summed E-state index contributed by atoms with van der Waals surface area (Å²) in [6.45, 7) is 4.96. The van der Waals surface area contributed by atoms with Crippen LogP contribution in [0.5, 0.6) is 0 Å². The number of ether oxygens (including phenoxy) is 1. The molecule has 0 saturated carbocycles. The molecule has 0 bridgehead atoms. The average molecular weight is 396 g/mol. The van der Waals surface area contributed by atoms with E-state index >= 15 is 0 Å². The van der Waals surface area contributed by atoms with Gasteiger partial charge in [-0.3, -0.25) is 4.90 Å². The summed E-state index contributed by atoms with van der Waals surface area (Å²) in [6, 6.07) is 13.8. The summed E-state index contributed by atoms with van der Waals surface area (Å²) in [7, 11) is -3.61. The molecule has 2 aromatic rings. The van der Waals surface area contributed by atoms with E-state index in [9.17, 15) is 8.42 Å². The van der Waals surface area contributed by atoms with Gasteiger partial charge < -0.3 is 10.1 Å². The minimum absolute atomic E-state index is 0.124. The topological polar surface area (TPSA) is 84.7 Å². The lowest BCUT2D eigenvalue weighted by Gasteiger charge is -2.24. The molecule has 0 spiro atoms. The lowest BCUT2D eigenvalue weighted by molar-refractivity contribution is 0.0533. The highest BCUT2D eigenvalue weighted by Crippen LogP contribution is 2.20. The lowest BCUT2D eigenvalue weighted by atomic mass is 10.2. The summed E-state index contributed by atoms with van der Waals surface area (Å²) in [6.07, 6.45) is 1.16. The highest BCUT2D eigenvalue weighted by molar-refractivity contribution is 7.91. The smallest absolute Gasteiger partial charge is 0.247 e. The second-order valence-electron chi connectivity index (χ2n) is 6.46. The Morgan fingerprint density at radius 1 is 1.23 bits per heavy atom. The minimum Gasteiger partial charge on any atom is -0.376 e. The van der Waals surface area contributed by atoms with Gasteiger partial charge in [0.25, 0.3) is 0 Å². The Bertz CT molecular complexity index is 793. The van der Waals surface area contributed by atoms with Crippen molar-refractivity contribution in [1.82, 2.24) is 10.2 Å². The Kier molecular flexibility index (Phi) is 6.80. The van der Waals surface area contributed by atoms with Gasteiger partial charge in [0.15, 0.2) is 0 Å². The van der Waals surface area contributed by atoms with Gasteiger partial charge in [-0.15, -0.1) is 11.3 Å². The molecule has 0 amide bonds. The first-order chi connectivity index (χ1) is 12.5. The van der Waals surface area contributed by atoms with Crippen LogP contribution in [0.1, 0.15) is 16.9 Å². The standard InChI is InChI=1S/C18H25N3O3S2/c19-26(22,23)18-8-7-17(25-18)12-20-11-16-14-21(9-4-10-24-16)13-15-5-2-1-3-6-15/h1-3,5-8,16,20H,4,9-14H2,(H2,19,22,23). The molecule has 1 atom stereocenters. The molecule has 2 heterocycles. The summed E-state index contributed by atoms with van der Waals surface area (Å²) in [5.74, 6) is 0. The fourth-order valence-corrected chi connectivity index (χ4v) is 4.79. The zero-order valence-corrected chi connectivity index (χ0v) is 16.3. The maximum absolute atomic E-state index is 11.3. The zero-order chi connectivity index (χ0) is 18.4. The van der Waals surface area contributed by atoms with Crippen molar-refractivity contribution in [3.8, 4) is 0 Å². The average Bonchev–Trinajstić information content (AvgIpc) is 2.98. The normalized spacial score (nSPS) is 19.3. The van der Waals surface area contributed by atoms with Crippen molar-refractivity contribution in [2.75, 3.05) is 26.2 Å². The summed E-state index contributed by atoms with van der Waals surface area (Å²) in [4.78, 5) is 3.38. The molecular formula is C18H25N3O3S2. The van der Waals surface area contributed by atoms with Crippen LogP contribution in [-0.2, 0) is 27.8 Å². The minimum atomic E-state index is -3.61. The molecular weight excluding hydrogens is 370 g/mol. The summed E-state index contributed by atoms with van der Waals surface area (Å²) >= 11 is 1.21. The summed E-state index contributed by atoms with van der Waals surface area (Å²) in [5, 5.41) is 8.52. The molecule has 0 aliphatic carbocycles. The molecule has 1 fully saturated rings. The van der Waals surface area contributed by atoms with Crippen LogP contribution in [0.3, 0.4) is 0 Å².